The van der Waals surface area contributed by atoms with E-state index >= 15 is 0 Å². The average molecular weight is 505 g/mol. The fourth-order valence-corrected chi connectivity index (χ4v) is 5.17. The fraction of sp³-hybridized carbons (Fsp3) is 0.269. The maximum Gasteiger partial charge on any atom is 0.254 e. The fourth-order valence-electron chi connectivity index (χ4n) is 4.88. The zero-order valence-corrected chi connectivity index (χ0v) is 20.9. The lowest BCUT2D eigenvalue weighted by atomic mass is 9.99. The number of nitrogens with zero attached hydrogens (tertiary/aromatic N) is 4. The molecule has 0 saturated carbocycles. The lowest BCUT2D eigenvalue weighted by Gasteiger charge is -2.33. The van der Waals surface area contributed by atoms with Crippen LogP contribution in [0.1, 0.15) is 21.5 Å². The van der Waals surface area contributed by atoms with Crippen LogP contribution in [0.15, 0.2) is 48.9 Å². The van der Waals surface area contributed by atoms with Gasteiger partial charge in [0.05, 0.1) is 47.7 Å². The molecular formula is C26H26FN6O2P. The first-order chi connectivity index (χ1) is 17.5. The van der Waals surface area contributed by atoms with E-state index in [1.807, 2.05) is 30.5 Å². The summed E-state index contributed by atoms with van der Waals surface area (Å²) in [4.78, 5) is 24.0. The number of aryl methyl sites for hydroxylation is 1. The lowest BCUT2D eigenvalue weighted by molar-refractivity contribution is 0.0562. The number of pyridine rings is 2. The van der Waals surface area contributed by atoms with Crippen molar-refractivity contribution in [3.63, 3.8) is 0 Å². The summed E-state index contributed by atoms with van der Waals surface area (Å²) >= 11 is 0. The van der Waals surface area contributed by atoms with E-state index in [1.54, 1.807) is 29.8 Å². The van der Waals surface area contributed by atoms with Crippen molar-refractivity contribution in [3.8, 4) is 11.3 Å². The van der Waals surface area contributed by atoms with Crippen molar-refractivity contribution in [2.75, 3.05) is 36.1 Å². The Hall–Kier alpha value is -3.55. The second kappa shape index (κ2) is 9.15. The molecule has 6 rings (SSSR count). The number of nitrogens with one attached hydrogen (secondary N) is 2. The van der Waals surface area contributed by atoms with Crippen LogP contribution < -0.4 is 15.5 Å². The first kappa shape index (κ1) is 22.9. The molecule has 2 atom stereocenters. The van der Waals surface area contributed by atoms with E-state index < -0.39 is 0 Å². The van der Waals surface area contributed by atoms with Crippen LogP contribution in [-0.2, 0) is 11.3 Å². The maximum absolute atomic E-state index is 14.6. The van der Waals surface area contributed by atoms with Gasteiger partial charge in [-0.1, -0.05) is 6.07 Å². The van der Waals surface area contributed by atoms with Crippen molar-refractivity contribution in [1.82, 2.24) is 19.7 Å². The van der Waals surface area contributed by atoms with Crippen LogP contribution >= 0.6 is 9.24 Å². The molecule has 2 aliphatic rings. The van der Waals surface area contributed by atoms with E-state index in [0.29, 0.717) is 35.8 Å². The van der Waals surface area contributed by atoms with Gasteiger partial charge in [0.2, 0.25) is 0 Å². The Morgan fingerprint density at radius 1 is 1.22 bits per heavy atom. The zero-order valence-electron chi connectivity index (χ0n) is 19.8. The van der Waals surface area contributed by atoms with Gasteiger partial charge in [-0.2, -0.15) is 0 Å². The SMILES string of the molecule is Cc1ccn2c(-c3ccc(Nc4ccc(N5CCO[C@@H](CP)C5)cn4)c4c3CNC4=O)cnc2c1F. The van der Waals surface area contributed by atoms with Crippen molar-refractivity contribution >= 4 is 38.0 Å². The molecule has 1 saturated heterocycles. The molecule has 0 bridgehead atoms. The number of aromatic nitrogens is 3. The van der Waals surface area contributed by atoms with Gasteiger partial charge in [0.25, 0.3) is 5.91 Å². The Morgan fingerprint density at radius 3 is 2.92 bits per heavy atom. The van der Waals surface area contributed by atoms with Gasteiger partial charge in [0, 0.05) is 31.4 Å². The molecular weight excluding hydrogens is 478 g/mol. The minimum absolute atomic E-state index is 0.154. The van der Waals surface area contributed by atoms with Crippen LogP contribution in [0, 0.1) is 12.7 Å². The van der Waals surface area contributed by atoms with Crippen LogP contribution in [0.3, 0.4) is 0 Å². The molecule has 0 radical (unpaired) electrons. The van der Waals surface area contributed by atoms with Gasteiger partial charge in [-0.15, -0.1) is 9.24 Å². The molecule has 1 amide bonds. The molecule has 1 unspecified atom stereocenters. The predicted molar refractivity (Wildman–Crippen MR) is 141 cm³/mol. The first-order valence-electron chi connectivity index (χ1n) is 11.9. The number of rotatable bonds is 5. The Morgan fingerprint density at radius 2 is 2.11 bits per heavy atom. The summed E-state index contributed by atoms with van der Waals surface area (Å²) in [5.41, 5.74) is 5.52. The van der Waals surface area contributed by atoms with Gasteiger partial charge in [0.15, 0.2) is 11.5 Å². The number of fused-ring (bicyclic) bond motifs is 2. The van der Waals surface area contributed by atoms with Crippen LogP contribution in [0.4, 0.5) is 21.6 Å². The number of ether oxygens (including phenoxy) is 1. The summed E-state index contributed by atoms with van der Waals surface area (Å²) in [6, 6.07) is 9.48. The van der Waals surface area contributed by atoms with Crippen molar-refractivity contribution < 1.29 is 13.9 Å². The highest BCUT2D eigenvalue weighted by atomic mass is 31.0. The number of amides is 1. The van der Waals surface area contributed by atoms with Crippen LogP contribution in [-0.4, -0.2) is 52.2 Å². The Bertz CT molecular complexity index is 1470. The van der Waals surface area contributed by atoms with Crippen LogP contribution in [0.2, 0.25) is 0 Å². The summed E-state index contributed by atoms with van der Waals surface area (Å²) in [5.74, 6) is 0.152. The summed E-state index contributed by atoms with van der Waals surface area (Å²) in [6.45, 7) is 4.47. The van der Waals surface area contributed by atoms with Crippen molar-refractivity contribution in [2.45, 2.75) is 19.6 Å². The summed E-state index contributed by atoms with van der Waals surface area (Å²) in [6.07, 6.45) is 6.40. The van der Waals surface area contributed by atoms with E-state index in [0.717, 1.165) is 41.8 Å². The molecule has 0 spiro atoms. The van der Waals surface area contributed by atoms with Crippen molar-refractivity contribution in [3.05, 3.63) is 71.4 Å². The number of halogens is 1. The number of anilines is 3. The lowest BCUT2D eigenvalue weighted by Crippen LogP contribution is -2.43. The number of hydrogen-bond acceptors (Lipinski definition) is 6. The molecule has 1 fully saturated rings. The maximum atomic E-state index is 14.6. The smallest absolute Gasteiger partial charge is 0.254 e. The minimum Gasteiger partial charge on any atom is -0.374 e. The van der Waals surface area contributed by atoms with E-state index in [-0.39, 0.29) is 23.5 Å². The first-order valence-corrected chi connectivity index (χ1v) is 12.7. The summed E-state index contributed by atoms with van der Waals surface area (Å²) in [7, 11) is 2.74. The van der Waals surface area contributed by atoms with Crippen molar-refractivity contribution in [2.24, 2.45) is 0 Å². The molecule has 5 heterocycles. The van der Waals surface area contributed by atoms with E-state index in [2.05, 4.69) is 34.7 Å². The molecule has 3 aromatic heterocycles. The normalized spacial score (nSPS) is 17.4. The van der Waals surface area contributed by atoms with E-state index in [1.165, 1.54) is 0 Å². The second-order valence-corrected chi connectivity index (χ2v) is 9.52. The number of hydrogen-bond donors (Lipinski definition) is 2. The third kappa shape index (κ3) is 3.88. The van der Waals surface area contributed by atoms with Gasteiger partial charge in [-0.25, -0.2) is 14.4 Å². The van der Waals surface area contributed by atoms with E-state index in [9.17, 15) is 9.18 Å². The summed E-state index contributed by atoms with van der Waals surface area (Å²) in [5, 5.41) is 6.23. The third-order valence-electron chi connectivity index (χ3n) is 6.83. The standard InChI is InChI=1S/C26H26FN6O2P/c1-15-6-7-33-21(12-29-25(33)24(15)27)18-3-4-20(23-19(18)11-30-26(23)34)31-22-5-2-16(10-28-22)32-8-9-35-17(13-32)14-36/h2-7,10,12,17H,8-9,11,13-14,36H2,1H3,(H,28,31)(H,30,34)/t17-/m1/s1. The third-order valence-corrected chi connectivity index (χ3v) is 7.36. The molecule has 0 aliphatic carbocycles. The highest BCUT2D eigenvalue weighted by molar-refractivity contribution is 7.16. The van der Waals surface area contributed by atoms with Crippen LogP contribution in [0.5, 0.6) is 0 Å². The topological polar surface area (TPSA) is 83.8 Å². The number of carbonyl (C=O) groups is 1. The predicted octanol–water partition coefficient (Wildman–Crippen LogP) is 3.91. The molecule has 8 nitrogen and oxygen atoms in total. The Balaban J connectivity index is 1.31. The van der Waals surface area contributed by atoms with Gasteiger partial charge >= 0.3 is 0 Å². The van der Waals surface area contributed by atoms with Crippen LogP contribution in [0.25, 0.3) is 16.9 Å². The van der Waals surface area contributed by atoms with E-state index in [4.69, 9.17) is 4.74 Å². The molecule has 2 N–H and O–H groups in total. The molecule has 36 heavy (non-hydrogen) atoms. The molecule has 10 heteroatoms. The molecule has 184 valence electrons. The quantitative estimate of drug-likeness (QED) is 0.401. The Kier molecular flexibility index (Phi) is 5.82. The molecule has 1 aromatic carbocycles. The average Bonchev–Trinajstić information content (AvgIpc) is 3.52. The second-order valence-electron chi connectivity index (χ2n) is 9.05. The monoisotopic (exact) mass is 504 g/mol. The largest absolute Gasteiger partial charge is 0.374 e. The summed E-state index contributed by atoms with van der Waals surface area (Å²) < 4.78 is 22.0. The zero-order chi connectivity index (χ0) is 24.8. The number of carbonyl (C=O) groups excluding carboxylic acids is 1. The Labute approximate surface area is 210 Å². The van der Waals surface area contributed by atoms with Gasteiger partial charge in [-0.05, 0) is 48.5 Å². The highest BCUT2D eigenvalue weighted by Crippen LogP contribution is 2.36. The minimum atomic E-state index is -0.344. The number of benzene rings is 1. The van der Waals surface area contributed by atoms with Gasteiger partial charge < -0.3 is 20.3 Å². The van der Waals surface area contributed by atoms with Gasteiger partial charge in [0.1, 0.15) is 5.82 Å². The molecule has 2 aliphatic heterocycles. The van der Waals surface area contributed by atoms with Gasteiger partial charge in [-0.3, -0.25) is 9.20 Å². The number of morpholine rings is 1. The number of imidazole rings is 1. The molecule has 4 aromatic rings. The highest BCUT2D eigenvalue weighted by Gasteiger charge is 2.28. The van der Waals surface area contributed by atoms with Crippen molar-refractivity contribution in [1.29, 1.82) is 0 Å².